The van der Waals surface area contributed by atoms with Crippen LogP contribution in [0.5, 0.6) is 0 Å². The molecular weight excluding hydrogens is 372 g/mol. The van der Waals surface area contributed by atoms with Crippen molar-refractivity contribution in [1.82, 2.24) is 25.1 Å². The minimum absolute atomic E-state index is 0.439. The first-order valence-electron chi connectivity index (χ1n) is 10.3. The smallest absolute Gasteiger partial charge is 0.168 e. The molecule has 1 aliphatic carbocycles. The minimum Gasteiger partial charge on any atom is -0.353 e. The first-order chi connectivity index (χ1) is 13.8. The lowest BCUT2D eigenvalue weighted by molar-refractivity contribution is 0.429. The molecule has 28 heavy (non-hydrogen) atoms. The molecule has 6 nitrogen and oxygen atoms in total. The van der Waals surface area contributed by atoms with Crippen LogP contribution in [0.3, 0.4) is 0 Å². The number of benzene rings is 1. The summed E-state index contributed by atoms with van der Waals surface area (Å²) in [6.07, 6.45) is 8.08. The summed E-state index contributed by atoms with van der Waals surface area (Å²) in [5.74, 6) is 2.43. The van der Waals surface area contributed by atoms with E-state index in [4.69, 9.17) is 21.6 Å². The molecule has 1 aliphatic heterocycles. The van der Waals surface area contributed by atoms with Gasteiger partial charge in [-0.2, -0.15) is 5.10 Å². The molecule has 0 atom stereocenters. The Bertz CT molecular complexity index is 972. The Labute approximate surface area is 169 Å². The number of rotatable bonds is 3. The first-order valence-corrected chi connectivity index (χ1v) is 10.7. The maximum Gasteiger partial charge on any atom is 0.168 e. The van der Waals surface area contributed by atoms with Crippen LogP contribution in [-0.2, 0) is 0 Å². The molecule has 0 bridgehead atoms. The number of piperazine rings is 1. The molecule has 2 aromatic heterocycles. The topological polar surface area (TPSA) is 58.9 Å². The average molecular weight is 397 g/mol. The van der Waals surface area contributed by atoms with Crippen LogP contribution < -0.4 is 10.2 Å². The van der Waals surface area contributed by atoms with E-state index in [0.717, 1.165) is 54.5 Å². The quantitative estimate of drug-likeness (QED) is 0.726. The molecule has 1 saturated carbocycles. The van der Waals surface area contributed by atoms with Crippen LogP contribution in [0.4, 0.5) is 5.82 Å². The number of fused-ring (bicyclic) bond motifs is 1. The molecule has 5 rings (SSSR count). The van der Waals surface area contributed by atoms with Gasteiger partial charge in [-0.15, -0.1) is 0 Å². The van der Waals surface area contributed by atoms with Gasteiger partial charge in [0.2, 0.25) is 0 Å². The van der Waals surface area contributed by atoms with Crippen LogP contribution in [0.1, 0.15) is 43.8 Å². The van der Waals surface area contributed by atoms with Gasteiger partial charge in [0.25, 0.3) is 0 Å². The van der Waals surface area contributed by atoms with Crippen LogP contribution in [0.15, 0.2) is 30.5 Å². The Morgan fingerprint density at radius 1 is 1.00 bits per heavy atom. The predicted molar refractivity (Wildman–Crippen MR) is 113 cm³/mol. The van der Waals surface area contributed by atoms with E-state index in [1.165, 1.54) is 32.1 Å². The number of aromatic nitrogens is 4. The van der Waals surface area contributed by atoms with Crippen LogP contribution in [0.25, 0.3) is 16.7 Å². The van der Waals surface area contributed by atoms with Crippen LogP contribution in [-0.4, -0.2) is 45.9 Å². The fraction of sp³-hybridized carbons (Fsp3) is 0.476. The number of halogens is 1. The van der Waals surface area contributed by atoms with Crippen molar-refractivity contribution in [3.8, 4) is 5.69 Å². The maximum atomic E-state index is 6.47. The van der Waals surface area contributed by atoms with E-state index >= 15 is 0 Å². The van der Waals surface area contributed by atoms with Gasteiger partial charge in [-0.05, 0) is 25.0 Å². The molecule has 1 N–H and O–H groups in total. The minimum atomic E-state index is 0.439. The fourth-order valence-electron chi connectivity index (χ4n) is 4.37. The SMILES string of the molecule is Clc1ccccc1-n1ncc2c(N3CCNCC3)nc(C3CCCCC3)nc21. The normalized spacial score (nSPS) is 18.7. The van der Waals surface area contributed by atoms with Crippen molar-refractivity contribution in [2.24, 2.45) is 0 Å². The first kappa shape index (κ1) is 17.9. The summed E-state index contributed by atoms with van der Waals surface area (Å²) in [6.45, 7) is 3.85. The van der Waals surface area contributed by atoms with Gasteiger partial charge >= 0.3 is 0 Å². The van der Waals surface area contributed by atoms with E-state index < -0.39 is 0 Å². The van der Waals surface area contributed by atoms with E-state index in [1.807, 2.05) is 35.1 Å². The van der Waals surface area contributed by atoms with E-state index in [0.29, 0.717) is 10.9 Å². The van der Waals surface area contributed by atoms with E-state index in [-0.39, 0.29) is 0 Å². The van der Waals surface area contributed by atoms with Crippen molar-refractivity contribution < 1.29 is 0 Å². The molecule has 0 amide bonds. The molecular formula is C21H25ClN6. The summed E-state index contributed by atoms with van der Waals surface area (Å²) in [5, 5.41) is 9.76. The van der Waals surface area contributed by atoms with Crippen LogP contribution >= 0.6 is 11.6 Å². The highest BCUT2D eigenvalue weighted by Crippen LogP contribution is 2.35. The zero-order valence-electron chi connectivity index (χ0n) is 15.9. The lowest BCUT2D eigenvalue weighted by atomic mass is 9.88. The third-order valence-electron chi connectivity index (χ3n) is 5.89. The highest BCUT2D eigenvalue weighted by Gasteiger charge is 2.25. The second-order valence-corrected chi connectivity index (χ2v) is 8.13. The Kier molecular flexibility index (Phi) is 4.91. The lowest BCUT2D eigenvalue weighted by Gasteiger charge is -2.30. The fourth-order valence-corrected chi connectivity index (χ4v) is 4.59. The Hall–Kier alpha value is -2.18. The Morgan fingerprint density at radius 3 is 2.57 bits per heavy atom. The molecule has 3 aromatic rings. The molecule has 146 valence electrons. The molecule has 0 spiro atoms. The summed E-state index contributed by atoms with van der Waals surface area (Å²) < 4.78 is 1.87. The second kappa shape index (κ2) is 7.68. The van der Waals surface area contributed by atoms with Crippen molar-refractivity contribution in [3.63, 3.8) is 0 Å². The molecule has 0 radical (unpaired) electrons. The third kappa shape index (κ3) is 3.25. The Morgan fingerprint density at radius 2 is 1.79 bits per heavy atom. The molecule has 3 heterocycles. The van der Waals surface area contributed by atoms with Crippen molar-refractivity contribution in [1.29, 1.82) is 0 Å². The molecule has 2 fully saturated rings. The van der Waals surface area contributed by atoms with Gasteiger partial charge < -0.3 is 10.2 Å². The Balaban J connectivity index is 1.68. The number of hydrogen-bond acceptors (Lipinski definition) is 5. The number of nitrogens with one attached hydrogen (secondary N) is 1. The van der Waals surface area contributed by atoms with Crippen LogP contribution in [0, 0.1) is 0 Å². The average Bonchev–Trinajstić information content (AvgIpc) is 3.18. The highest BCUT2D eigenvalue weighted by molar-refractivity contribution is 6.32. The van der Waals surface area contributed by atoms with E-state index in [2.05, 4.69) is 15.3 Å². The third-order valence-corrected chi connectivity index (χ3v) is 6.21. The van der Waals surface area contributed by atoms with Crippen molar-refractivity contribution in [3.05, 3.63) is 41.3 Å². The number of anilines is 1. The molecule has 1 aromatic carbocycles. The lowest BCUT2D eigenvalue weighted by Crippen LogP contribution is -2.44. The number of nitrogens with zero attached hydrogens (tertiary/aromatic N) is 5. The molecule has 1 saturated heterocycles. The van der Waals surface area contributed by atoms with Gasteiger partial charge in [0, 0.05) is 32.1 Å². The summed E-state index contributed by atoms with van der Waals surface area (Å²) in [7, 11) is 0. The summed E-state index contributed by atoms with van der Waals surface area (Å²) in [6, 6.07) is 7.80. The maximum absolute atomic E-state index is 6.47. The highest BCUT2D eigenvalue weighted by atomic mass is 35.5. The molecule has 0 unspecified atom stereocenters. The van der Waals surface area contributed by atoms with Gasteiger partial charge in [-0.25, -0.2) is 14.6 Å². The summed E-state index contributed by atoms with van der Waals surface area (Å²) in [4.78, 5) is 12.5. The molecule has 7 heteroatoms. The monoisotopic (exact) mass is 396 g/mol. The molecule has 2 aliphatic rings. The van der Waals surface area contributed by atoms with E-state index in [1.54, 1.807) is 0 Å². The van der Waals surface area contributed by atoms with Crippen molar-refractivity contribution in [2.75, 3.05) is 31.1 Å². The number of para-hydroxylation sites is 1. The van der Waals surface area contributed by atoms with Gasteiger partial charge in [0.05, 0.1) is 22.3 Å². The van der Waals surface area contributed by atoms with Crippen LogP contribution in [0.2, 0.25) is 5.02 Å². The van der Waals surface area contributed by atoms with E-state index in [9.17, 15) is 0 Å². The van der Waals surface area contributed by atoms with Gasteiger partial charge in [-0.1, -0.05) is 43.0 Å². The summed E-state index contributed by atoms with van der Waals surface area (Å²) >= 11 is 6.47. The second-order valence-electron chi connectivity index (χ2n) is 7.72. The largest absolute Gasteiger partial charge is 0.353 e. The van der Waals surface area contributed by atoms with Gasteiger partial charge in [-0.3, -0.25) is 0 Å². The zero-order chi connectivity index (χ0) is 18.9. The van der Waals surface area contributed by atoms with Gasteiger partial charge in [0.1, 0.15) is 11.6 Å². The van der Waals surface area contributed by atoms with Gasteiger partial charge in [0.15, 0.2) is 5.65 Å². The van der Waals surface area contributed by atoms with Crippen molar-refractivity contribution in [2.45, 2.75) is 38.0 Å². The zero-order valence-corrected chi connectivity index (χ0v) is 16.7. The summed E-state index contributed by atoms with van der Waals surface area (Å²) in [5.41, 5.74) is 1.72. The predicted octanol–water partition coefficient (Wildman–Crippen LogP) is 3.93. The van der Waals surface area contributed by atoms with Crippen molar-refractivity contribution >= 4 is 28.5 Å². The standard InChI is InChI=1S/C21H25ClN6/c22-17-8-4-5-9-18(17)28-21-16(14-24-28)20(27-12-10-23-11-13-27)25-19(26-21)15-6-2-1-3-7-15/h4-5,8-9,14-15,23H,1-3,6-7,10-13H2. The number of hydrogen-bond donors (Lipinski definition) is 1.